The molecule has 0 radical (unpaired) electrons. The van der Waals surface area contributed by atoms with Crippen LogP contribution in [-0.4, -0.2) is 49.5 Å². The van der Waals surface area contributed by atoms with Gasteiger partial charge >= 0.3 is 0 Å². The third-order valence-corrected chi connectivity index (χ3v) is 3.55. The molecule has 2 rings (SSSR count). The summed E-state index contributed by atoms with van der Waals surface area (Å²) in [6.45, 7) is 0.461. The lowest BCUT2D eigenvalue weighted by Crippen LogP contribution is -2.35. The molecule has 3 N–H and O–H groups in total. The lowest BCUT2D eigenvalue weighted by molar-refractivity contribution is 0.0925. The minimum Gasteiger partial charge on any atom is -0.350 e. The van der Waals surface area contributed by atoms with E-state index in [1.165, 1.54) is 42.9 Å². The number of nitrogens with zero attached hydrogens (tertiary/aromatic N) is 2. The smallest absolute Gasteiger partial charge is 0.271 e. The SMILES string of the molecule is CS(=O)(=O)Nc1ccc(C(=O)NCCNC(=O)c2cnccn2)cc1. The van der Waals surface area contributed by atoms with Crippen LogP contribution in [0, 0.1) is 0 Å². The van der Waals surface area contributed by atoms with Crippen molar-refractivity contribution >= 4 is 27.5 Å². The Kier molecular flexibility index (Phi) is 6.01. The third-order valence-electron chi connectivity index (χ3n) is 2.94. The average molecular weight is 363 g/mol. The van der Waals surface area contributed by atoms with Gasteiger partial charge in [0.25, 0.3) is 11.8 Å². The van der Waals surface area contributed by atoms with Crippen molar-refractivity contribution in [2.75, 3.05) is 24.1 Å². The second kappa shape index (κ2) is 8.20. The third kappa shape index (κ3) is 6.18. The number of benzene rings is 1. The molecule has 1 heterocycles. The summed E-state index contributed by atoms with van der Waals surface area (Å²) in [4.78, 5) is 31.4. The van der Waals surface area contributed by atoms with Crippen molar-refractivity contribution < 1.29 is 18.0 Å². The number of sulfonamides is 1. The molecule has 0 aliphatic rings. The van der Waals surface area contributed by atoms with E-state index in [0.29, 0.717) is 11.3 Å². The Labute approximate surface area is 144 Å². The molecule has 132 valence electrons. The number of amides is 2. The molecule has 0 fully saturated rings. The summed E-state index contributed by atoms with van der Waals surface area (Å²) in [6, 6.07) is 5.99. The normalized spacial score (nSPS) is 10.8. The monoisotopic (exact) mass is 363 g/mol. The summed E-state index contributed by atoms with van der Waals surface area (Å²) in [6.07, 6.45) is 5.27. The van der Waals surface area contributed by atoms with Crippen LogP contribution in [0.15, 0.2) is 42.9 Å². The van der Waals surface area contributed by atoms with E-state index in [0.717, 1.165) is 6.26 Å². The van der Waals surface area contributed by atoms with E-state index >= 15 is 0 Å². The van der Waals surface area contributed by atoms with Crippen molar-refractivity contribution in [1.29, 1.82) is 0 Å². The molecule has 0 unspecified atom stereocenters. The predicted octanol–water partition coefficient (Wildman–Crippen LogP) is 0.00790. The van der Waals surface area contributed by atoms with E-state index in [1.54, 1.807) is 0 Å². The van der Waals surface area contributed by atoms with Gasteiger partial charge in [-0.3, -0.25) is 19.3 Å². The van der Waals surface area contributed by atoms with E-state index < -0.39 is 10.0 Å². The van der Waals surface area contributed by atoms with Crippen LogP contribution in [0.25, 0.3) is 0 Å². The minimum absolute atomic E-state index is 0.197. The van der Waals surface area contributed by atoms with Gasteiger partial charge in [-0.15, -0.1) is 0 Å². The number of carbonyl (C=O) groups is 2. The van der Waals surface area contributed by atoms with E-state index in [4.69, 9.17) is 0 Å². The number of anilines is 1. The molecule has 0 aliphatic carbocycles. The van der Waals surface area contributed by atoms with Gasteiger partial charge in [-0.25, -0.2) is 13.4 Å². The maximum Gasteiger partial charge on any atom is 0.271 e. The zero-order valence-electron chi connectivity index (χ0n) is 13.4. The first-order chi connectivity index (χ1) is 11.8. The highest BCUT2D eigenvalue weighted by molar-refractivity contribution is 7.92. The minimum atomic E-state index is -3.36. The van der Waals surface area contributed by atoms with Gasteiger partial charge in [-0.05, 0) is 24.3 Å². The lowest BCUT2D eigenvalue weighted by Gasteiger charge is -2.08. The van der Waals surface area contributed by atoms with Gasteiger partial charge in [0.05, 0.1) is 12.5 Å². The van der Waals surface area contributed by atoms with E-state index in [1.807, 2.05) is 0 Å². The van der Waals surface area contributed by atoms with Gasteiger partial charge in [-0.2, -0.15) is 0 Å². The molecule has 1 aromatic carbocycles. The largest absolute Gasteiger partial charge is 0.350 e. The van der Waals surface area contributed by atoms with Crippen molar-refractivity contribution in [1.82, 2.24) is 20.6 Å². The maximum atomic E-state index is 12.0. The Bertz CT molecular complexity index is 838. The molecular weight excluding hydrogens is 346 g/mol. The number of rotatable bonds is 7. The highest BCUT2D eigenvalue weighted by atomic mass is 32.2. The van der Waals surface area contributed by atoms with Crippen LogP contribution in [0.1, 0.15) is 20.8 Å². The van der Waals surface area contributed by atoms with Gasteiger partial charge < -0.3 is 10.6 Å². The first-order valence-corrected chi connectivity index (χ1v) is 9.14. The van der Waals surface area contributed by atoms with Crippen LogP contribution in [0.4, 0.5) is 5.69 Å². The summed E-state index contributed by atoms with van der Waals surface area (Å²) < 4.78 is 24.5. The second-order valence-electron chi connectivity index (χ2n) is 5.05. The molecule has 2 aromatic rings. The van der Waals surface area contributed by atoms with Crippen LogP contribution in [0.3, 0.4) is 0 Å². The lowest BCUT2D eigenvalue weighted by atomic mass is 10.2. The van der Waals surface area contributed by atoms with Crippen molar-refractivity contribution in [3.63, 3.8) is 0 Å². The molecule has 0 saturated heterocycles. The topological polar surface area (TPSA) is 130 Å². The molecule has 2 amide bonds. The zero-order chi connectivity index (χ0) is 18.3. The van der Waals surface area contributed by atoms with Gasteiger partial charge in [0.15, 0.2) is 0 Å². The highest BCUT2D eigenvalue weighted by Gasteiger charge is 2.08. The van der Waals surface area contributed by atoms with E-state index in [-0.39, 0.29) is 30.6 Å². The Hall–Kier alpha value is -3.01. The number of carbonyl (C=O) groups excluding carboxylic acids is 2. The van der Waals surface area contributed by atoms with E-state index in [9.17, 15) is 18.0 Å². The summed E-state index contributed by atoms with van der Waals surface area (Å²) in [7, 11) is -3.36. The molecule has 1 aromatic heterocycles. The van der Waals surface area contributed by atoms with Crippen molar-refractivity contribution in [3.05, 3.63) is 54.1 Å². The van der Waals surface area contributed by atoms with Crippen molar-refractivity contribution in [2.45, 2.75) is 0 Å². The van der Waals surface area contributed by atoms with Gasteiger partial charge in [-0.1, -0.05) is 0 Å². The Morgan fingerprint density at radius 2 is 1.64 bits per heavy atom. The van der Waals surface area contributed by atoms with Gasteiger partial charge in [0.1, 0.15) is 5.69 Å². The fraction of sp³-hybridized carbons (Fsp3) is 0.200. The molecule has 0 bridgehead atoms. The molecule has 0 saturated carbocycles. The fourth-order valence-electron chi connectivity index (χ4n) is 1.86. The van der Waals surface area contributed by atoms with Crippen molar-refractivity contribution in [2.24, 2.45) is 0 Å². The summed E-state index contributed by atoms with van der Waals surface area (Å²) in [5, 5.41) is 5.25. The molecule has 9 nitrogen and oxygen atoms in total. The standard InChI is InChI=1S/C15H17N5O4S/c1-25(23,24)20-12-4-2-11(3-5-12)14(21)18-8-9-19-15(22)13-10-16-6-7-17-13/h2-7,10,20H,8-9H2,1H3,(H,18,21)(H,19,22). The van der Waals surface area contributed by atoms with Crippen molar-refractivity contribution in [3.8, 4) is 0 Å². The molecular formula is C15H17N5O4S. The summed E-state index contributed by atoms with van der Waals surface area (Å²) >= 11 is 0. The first kappa shape index (κ1) is 18.3. The molecule has 25 heavy (non-hydrogen) atoms. The van der Waals surface area contributed by atoms with E-state index in [2.05, 4.69) is 25.3 Å². The Morgan fingerprint density at radius 1 is 1.00 bits per heavy atom. The highest BCUT2D eigenvalue weighted by Crippen LogP contribution is 2.10. The van der Waals surface area contributed by atoms with Crippen LogP contribution in [0.5, 0.6) is 0 Å². The predicted molar refractivity (Wildman–Crippen MR) is 91.6 cm³/mol. The van der Waals surface area contributed by atoms with Crippen LogP contribution >= 0.6 is 0 Å². The first-order valence-electron chi connectivity index (χ1n) is 7.25. The second-order valence-corrected chi connectivity index (χ2v) is 6.80. The van der Waals surface area contributed by atoms with Crippen LogP contribution in [-0.2, 0) is 10.0 Å². The molecule has 10 heteroatoms. The van der Waals surface area contributed by atoms with Crippen LogP contribution in [0.2, 0.25) is 0 Å². The summed E-state index contributed by atoms with van der Waals surface area (Å²) in [5.74, 6) is -0.710. The maximum absolute atomic E-state index is 12.0. The number of aromatic nitrogens is 2. The number of hydrogen-bond donors (Lipinski definition) is 3. The van der Waals surface area contributed by atoms with Gasteiger partial charge in [0.2, 0.25) is 10.0 Å². The molecule has 0 atom stereocenters. The Balaban J connectivity index is 1.77. The summed E-state index contributed by atoms with van der Waals surface area (Å²) in [5.41, 5.74) is 0.942. The number of nitrogens with one attached hydrogen (secondary N) is 3. The Morgan fingerprint density at radius 3 is 2.20 bits per heavy atom. The quantitative estimate of drug-likeness (QED) is 0.594. The zero-order valence-corrected chi connectivity index (χ0v) is 14.2. The van der Waals surface area contributed by atoms with Gasteiger partial charge in [0, 0.05) is 36.7 Å². The average Bonchev–Trinajstić information content (AvgIpc) is 2.58. The number of hydrogen-bond acceptors (Lipinski definition) is 6. The molecule has 0 aliphatic heterocycles. The van der Waals surface area contributed by atoms with Crippen LogP contribution < -0.4 is 15.4 Å². The molecule has 0 spiro atoms. The fourth-order valence-corrected chi connectivity index (χ4v) is 2.43.